The molecule has 0 aliphatic heterocycles. The highest BCUT2D eigenvalue weighted by Crippen LogP contribution is 2.22. The molecule has 1 heterocycles. The highest BCUT2D eigenvalue weighted by atomic mass is 16.5. The van der Waals surface area contributed by atoms with Crippen molar-refractivity contribution in [2.45, 2.75) is 46.1 Å². The molecule has 1 aromatic carbocycles. The summed E-state index contributed by atoms with van der Waals surface area (Å²) in [5, 5.41) is 0. The number of ether oxygens (including phenoxy) is 2. The van der Waals surface area contributed by atoms with Crippen LogP contribution in [-0.4, -0.2) is 35.9 Å². The molecule has 6 heteroatoms. The van der Waals surface area contributed by atoms with E-state index in [2.05, 4.69) is 4.98 Å². The predicted molar refractivity (Wildman–Crippen MR) is 101 cm³/mol. The second-order valence-corrected chi connectivity index (χ2v) is 6.63. The Balaban J connectivity index is 2.05. The van der Waals surface area contributed by atoms with Gasteiger partial charge in [-0.15, -0.1) is 0 Å². The highest BCUT2D eigenvalue weighted by Gasteiger charge is 2.27. The lowest BCUT2D eigenvalue weighted by molar-refractivity contribution is -0.146. The van der Waals surface area contributed by atoms with Gasteiger partial charge in [-0.25, -0.2) is 4.79 Å². The SMILES string of the molecule is COC(=O)c1c(C)[nH]c(C(=O)[C@H](C)OC(=O)C[C@@H](C)c2ccccc2)c1C. The molecule has 0 saturated heterocycles. The minimum absolute atomic E-state index is 0.0126. The zero-order valence-corrected chi connectivity index (χ0v) is 16.3. The lowest BCUT2D eigenvalue weighted by atomic mass is 9.98. The van der Waals surface area contributed by atoms with E-state index in [0.717, 1.165) is 5.56 Å². The third kappa shape index (κ3) is 4.64. The molecule has 2 atom stereocenters. The largest absolute Gasteiger partial charge is 0.465 e. The second kappa shape index (κ2) is 8.66. The quantitative estimate of drug-likeness (QED) is 0.592. The fourth-order valence-electron chi connectivity index (χ4n) is 3.06. The van der Waals surface area contributed by atoms with Crippen molar-refractivity contribution in [3.8, 4) is 0 Å². The third-order valence-corrected chi connectivity index (χ3v) is 4.59. The lowest BCUT2D eigenvalue weighted by Gasteiger charge is -2.15. The van der Waals surface area contributed by atoms with E-state index in [4.69, 9.17) is 9.47 Å². The van der Waals surface area contributed by atoms with E-state index in [1.807, 2.05) is 37.3 Å². The van der Waals surface area contributed by atoms with Gasteiger partial charge < -0.3 is 14.5 Å². The van der Waals surface area contributed by atoms with Crippen molar-refractivity contribution in [3.63, 3.8) is 0 Å². The Labute approximate surface area is 158 Å². The maximum absolute atomic E-state index is 12.7. The molecule has 0 spiro atoms. The van der Waals surface area contributed by atoms with E-state index in [1.54, 1.807) is 13.8 Å². The Kier molecular flexibility index (Phi) is 6.55. The van der Waals surface area contributed by atoms with Gasteiger partial charge in [-0.05, 0) is 37.8 Å². The number of hydrogen-bond donors (Lipinski definition) is 1. The number of carbonyl (C=O) groups is 3. The van der Waals surface area contributed by atoms with Crippen LogP contribution in [0.4, 0.5) is 0 Å². The Bertz CT molecular complexity index is 838. The average Bonchev–Trinajstić information content (AvgIpc) is 2.95. The molecule has 0 fully saturated rings. The summed E-state index contributed by atoms with van der Waals surface area (Å²) in [6.07, 6.45) is -0.777. The van der Waals surface area contributed by atoms with Gasteiger partial charge in [0.25, 0.3) is 0 Å². The smallest absolute Gasteiger partial charge is 0.339 e. The first kappa shape index (κ1) is 20.4. The summed E-state index contributed by atoms with van der Waals surface area (Å²) >= 11 is 0. The van der Waals surface area contributed by atoms with E-state index in [1.165, 1.54) is 14.0 Å². The second-order valence-electron chi connectivity index (χ2n) is 6.63. The monoisotopic (exact) mass is 371 g/mol. The first-order chi connectivity index (χ1) is 12.8. The van der Waals surface area contributed by atoms with Crippen LogP contribution in [0, 0.1) is 13.8 Å². The summed E-state index contributed by atoms with van der Waals surface area (Å²) in [5.74, 6) is -1.35. The molecule has 0 amide bonds. The van der Waals surface area contributed by atoms with Crippen LogP contribution in [0.1, 0.15) is 63.9 Å². The molecule has 0 radical (unpaired) electrons. The Hall–Kier alpha value is -2.89. The van der Waals surface area contributed by atoms with Crippen molar-refractivity contribution in [2.75, 3.05) is 7.11 Å². The van der Waals surface area contributed by atoms with E-state index < -0.39 is 18.0 Å². The first-order valence-electron chi connectivity index (χ1n) is 8.82. The number of aryl methyl sites for hydroxylation is 1. The number of hydrogen-bond acceptors (Lipinski definition) is 5. The Morgan fingerprint density at radius 1 is 1.07 bits per heavy atom. The topological polar surface area (TPSA) is 85.5 Å². The summed E-state index contributed by atoms with van der Waals surface area (Å²) in [5.41, 5.74) is 2.65. The molecule has 0 unspecified atom stereocenters. The summed E-state index contributed by atoms with van der Waals surface area (Å²) < 4.78 is 10.1. The predicted octanol–water partition coefficient (Wildman–Crippen LogP) is 3.73. The van der Waals surface area contributed by atoms with Crippen molar-refractivity contribution < 1.29 is 23.9 Å². The molecule has 2 aromatic rings. The number of esters is 2. The third-order valence-electron chi connectivity index (χ3n) is 4.59. The number of benzene rings is 1. The molecule has 6 nitrogen and oxygen atoms in total. The van der Waals surface area contributed by atoms with Crippen LogP contribution in [0.5, 0.6) is 0 Å². The van der Waals surface area contributed by atoms with Crippen LogP contribution >= 0.6 is 0 Å². The molecule has 0 bridgehead atoms. The van der Waals surface area contributed by atoms with Gasteiger partial charge in [0.2, 0.25) is 5.78 Å². The summed E-state index contributed by atoms with van der Waals surface area (Å²) in [7, 11) is 1.29. The van der Waals surface area contributed by atoms with Crippen LogP contribution in [0.2, 0.25) is 0 Å². The standard InChI is InChI=1S/C21H25NO5/c1-12(16-9-7-6-8-10-16)11-17(23)27-15(4)20(24)19-13(2)18(14(3)22-19)21(25)26-5/h6-10,12,15,22H,11H2,1-5H3/t12-,15+/m1/s1. The van der Waals surface area contributed by atoms with Gasteiger partial charge in [-0.1, -0.05) is 37.3 Å². The molecule has 144 valence electrons. The molecule has 0 aliphatic rings. The van der Waals surface area contributed by atoms with Gasteiger partial charge in [0.05, 0.1) is 24.8 Å². The van der Waals surface area contributed by atoms with E-state index in [-0.39, 0.29) is 23.8 Å². The minimum atomic E-state index is -0.956. The number of rotatable bonds is 7. The van der Waals surface area contributed by atoms with Gasteiger partial charge >= 0.3 is 11.9 Å². The maximum Gasteiger partial charge on any atom is 0.339 e. The van der Waals surface area contributed by atoms with Gasteiger partial charge in [0, 0.05) is 5.69 Å². The van der Waals surface area contributed by atoms with E-state index >= 15 is 0 Å². The number of carbonyl (C=O) groups excluding carboxylic acids is 3. The maximum atomic E-state index is 12.7. The fraction of sp³-hybridized carbons (Fsp3) is 0.381. The van der Waals surface area contributed by atoms with Crippen LogP contribution in [0.3, 0.4) is 0 Å². The van der Waals surface area contributed by atoms with Crippen molar-refractivity contribution in [3.05, 3.63) is 58.4 Å². The van der Waals surface area contributed by atoms with Crippen molar-refractivity contribution in [2.24, 2.45) is 0 Å². The first-order valence-corrected chi connectivity index (χ1v) is 8.82. The van der Waals surface area contributed by atoms with Gasteiger partial charge in [-0.2, -0.15) is 0 Å². The number of aromatic amines is 1. The number of Topliss-reactive ketones (excluding diaryl/α,β-unsaturated/α-hetero) is 1. The number of aromatic nitrogens is 1. The molecule has 0 aliphatic carbocycles. The van der Waals surface area contributed by atoms with Crippen LogP contribution in [0.25, 0.3) is 0 Å². The van der Waals surface area contributed by atoms with Crippen molar-refractivity contribution in [1.29, 1.82) is 0 Å². The summed E-state index contributed by atoms with van der Waals surface area (Å²) in [6, 6.07) is 9.65. The van der Waals surface area contributed by atoms with E-state index in [0.29, 0.717) is 16.8 Å². The average molecular weight is 371 g/mol. The molecule has 0 saturated carbocycles. The van der Waals surface area contributed by atoms with Crippen molar-refractivity contribution >= 4 is 17.7 Å². The molecule has 1 N–H and O–H groups in total. The molecular weight excluding hydrogens is 346 g/mol. The minimum Gasteiger partial charge on any atom is -0.465 e. The van der Waals surface area contributed by atoms with Crippen LogP contribution in [0.15, 0.2) is 30.3 Å². The van der Waals surface area contributed by atoms with Crippen molar-refractivity contribution in [1.82, 2.24) is 4.98 Å². The number of nitrogens with one attached hydrogen (secondary N) is 1. The number of H-pyrrole nitrogens is 1. The Morgan fingerprint density at radius 2 is 1.70 bits per heavy atom. The van der Waals surface area contributed by atoms with Gasteiger partial charge in [-0.3, -0.25) is 9.59 Å². The van der Waals surface area contributed by atoms with Gasteiger partial charge in [0.15, 0.2) is 6.10 Å². The summed E-state index contributed by atoms with van der Waals surface area (Å²) in [6.45, 7) is 6.81. The Morgan fingerprint density at radius 3 is 2.30 bits per heavy atom. The molecular formula is C21H25NO5. The highest BCUT2D eigenvalue weighted by molar-refractivity contribution is 6.03. The zero-order valence-electron chi connectivity index (χ0n) is 16.3. The van der Waals surface area contributed by atoms with Crippen LogP contribution < -0.4 is 0 Å². The normalized spacial score (nSPS) is 12.9. The zero-order chi connectivity index (χ0) is 20.1. The molecule has 2 rings (SSSR count). The lowest BCUT2D eigenvalue weighted by Crippen LogP contribution is -2.26. The fourth-order valence-corrected chi connectivity index (χ4v) is 3.06. The summed E-state index contributed by atoms with van der Waals surface area (Å²) in [4.78, 5) is 39.7. The number of methoxy groups -OCH3 is 1. The van der Waals surface area contributed by atoms with Crippen LogP contribution in [-0.2, 0) is 14.3 Å². The number of ketones is 1. The van der Waals surface area contributed by atoms with Gasteiger partial charge in [0.1, 0.15) is 0 Å². The van der Waals surface area contributed by atoms with E-state index in [9.17, 15) is 14.4 Å². The molecule has 27 heavy (non-hydrogen) atoms. The molecule has 1 aromatic heterocycles.